The molecule has 2 atom stereocenters. The second-order valence-corrected chi connectivity index (χ2v) is 5.60. The van der Waals surface area contributed by atoms with Gasteiger partial charge in [0.15, 0.2) is 0 Å². The summed E-state index contributed by atoms with van der Waals surface area (Å²) in [5.41, 5.74) is 7.21. The second kappa shape index (κ2) is 5.83. The third kappa shape index (κ3) is 2.67. The summed E-state index contributed by atoms with van der Waals surface area (Å²) in [5, 5.41) is 0. The van der Waals surface area contributed by atoms with Gasteiger partial charge in [-0.25, -0.2) is 0 Å². The lowest BCUT2D eigenvalue weighted by molar-refractivity contribution is 0.293. The maximum Gasteiger partial charge on any atom is 0.0210 e. The maximum absolute atomic E-state index is 5.73. The topological polar surface area (TPSA) is 26.0 Å². The average Bonchev–Trinajstić information content (AvgIpc) is 2.31. The Morgan fingerprint density at radius 3 is 2.69 bits per heavy atom. The normalized spacial score (nSPS) is 25.6. The predicted molar refractivity (Wildman–Crippen MR) is 72.5 cm³/mol. The van der Waals surface area contributed by atoms with Gasteiger partial charge in [0, 0.05) is 4.47 Å². The van der Waals surface area contributed by atoms with Crippen molar-refractivity contribution in [2.75, 3.05) is 6.54 Å². The van der Waals surface area contributed by atoms with E-state index in [1.54, 1.807) is 0 Å². The van der Waals surface area contributed by atoms with Gasteiger partial charge in [0.05, 0.1) is 0 Å². The highest BCUT2D eigenvalue weighted by atomic mass is 79.9. The van der Waals surface area contributed by atoms with Crippen LogP contribution in [0, 0.1) is 5.92 Å². The Kier molecular flexibility index (Phi) is 4.42. The Morgan fingerprint density at radius 2 is 1.94 bits per heavy atom. The molecule has 2 rings (SSSR count). The van der Waals surface area contributed by atoms with Crippen molar-refractivity contribution in [1.82, 2.24) is 0 Å². The lowest BCUT2D eigenvalue weighted by atomic mass is 9.74. The quantitative estimate of drug-likeness (QED) is 0.888. The van der Waals surface area contributed by atoms with Gasteiger partial charge in [-0.2, -0.15) is 0 Å². The minimum absolute atomic E-state index is 0.716. The maximum atomic E-state index is 5.73. The van der Waals surface area contributed by atoms with Crippen molar-refractivity contribution in [3.63, 3.8) is 0 Å². The first-order valence-electron chi connectivity index (χ1n) is 6.27. The van der Waals surface area contributed by atoms with Crippen LogP contribution < -0.4 is 5.73 Å². The Hall–Kier alpha value is -0.340. The summed E-state index contributed by atoms with van der Waals surface area (Å²) >= 11 is 3.68. The number of hydrogen-bond donors (Lipinski definition) is 1. The van der Waals surface area contributed by atoms with Crippen LogP contribution in [0.2, 0.25) is 0 Å². The highest BCUT2D eigenvalue weighted by molar-refractivity contribution is 9.10. The van der Waals surface area contributed by atoms with Crippen LogP contribution in [0.4, 0.5) is 0 Å². The summed E-state index contributed by atoms with van der Waals surface area (Å²) in [5.74, 6) is 1.50. The van der Waals surface area contributed by atoms with Crippen LogP contribution in [0.3, 0.4) is 0 Å². The third-order valence-corrected chi connectivity index (χ3v) is 4.47. The Balaban J connectivity index is 2.19. The number of benzene rings is 1. The molecule has 0 bridgehead atoms. The molecule has 2 N–H and O–H groups in total. The Morgan fingerprint density at radius 1 is 1.19 bits per heavy atom. The Labute approximate surface area is 107 Å². The van der Waals surface area contributed by atoms with Gasteiger partial charge >= 0.3 is 0 Å². The first-order chi connectivity index (χ1) is 7.83. The molecule has 2 heteroatoms. The highest BCUT2D eigenvalue weighted by Gasteiger charge is 2.26. The van der Waals surface area contributed by atoms with Crippen molar-refractivity contribution in [1.29, 1.82) is 0 Å². The zero-order chi connectivity index (χ0) is 11.4. The fourth-order valence-corrected chi connectivity index (χ4v) is 3.53. The highest BCUT2D eigenvalue weighted by Crippen LogP contribution is 2.41. The molecule has 1 aliphatic rings. The second-order valence-electron chi connectivity index (χ2n) is 4.75. The minimum Gasteiger partial charge on any atom is -0.330 e. The monoisotopic (exact) mass is 281 g/mol. The van der Waals surface area contributed by atoms with Crippen LogP contribution in [-0.4, -0.2) is 6.54 Å². The number of hydrogen-bond acceptors (Lipinski definition) is 1. The van der Waals surface area contributed by atoms with Crippen LogP contribution in [0.15, 0.2) is 28.7 Å². The van der Waals surface area contributed by atoms with Crippen molar-refractivity contribution < 1.29 is 0 Å². The molecule has 0 saturated heterocycles. The molecule has 1 aromatic rings. The average molecular weight is 282 g/mol. The molecule has 0 heterocycles. The molecule has 0 spiro atoms. The first-order valence-corrected chi connectivity index (χ1v) is 7.06. The van der Waals surface area contributed by atoms with Crippen molar-refractivity contribution in [3.8, 4) is 0 Å². The van der Waals surface area contributed by atoms with Crippen molar-refractivity contribution in [2.45, 2.75) is 38.0 Å². The molecule has 0 aliphatic heterocycles. The van der Waals surface area contributed by atoms with Gasteiger partial charge in [-0.05, 0) is 49.3 Å². The van der Waals surface area contributed by atoms with E-state index in [9.17, 15) is 0 Å². The van der Waals surface area contributed by atoms with Crippen LogP contribution in [0.1, 0.15) is 43.6 Å². The van der Waals surface area contributed by atoms with Crippen molar-refractivity contribution in [2.24, 2.45) is 11.7 Å². The summed E-state index contributed by atoms with van der Waals surface area (Å²) in [4.78, 5) is 0. The molecular formula is C14H20BrN. The van der Waals surface area contributed by atoms with E-state index in [1.807, 2.05) is 0 Å². The van der Waals surface area contributed by atoms with Gasteiger partial charge in [0.1, 0.15) is 0 Å². The van der Waals surface area contributed by atoms with Crippen molar-refractivity contribution in [3.05, 3.63) is 34.3 Å². The molecule has 0 radical (unpaired) electrons. The van der Waals surface area contributed by atoms with E-state index >= 15 is 0 Å². The first kappa shape index (κ1) is 12.1. The molecule has 1 saturated carbocycles. The van der Waals surface area contributed by atoms with Gasteiger partial charge in [0.25, 0.3) is 0 Å². The number of rotatable bonds is 3. The van der Waals surface area contributed by atoms with Crippen LogP contribution in [0.25, 0.3) is 0 Å². The minimum atomic E-state index is 0.716. The third-order valence-electron chi connectivity index (χ3n) is 3.75. The van der Waals surface area contributed by atoms with Crippen LogP contribution in [-0.2, 0) is 0 Å². The predicted octanol–water partition coefficient (Wildman–Crippen LogP) is 4.07. The molecule has 2 unspecified atom stereocenters. The molecule has 0 aromatic heterocycles. The summed E-state index contributed by atoms with van der Waals surface area (Å²) in [6.45, 7) is 0.825. The van der Waals surface area contributed by atoms with Gasteiger partial charge in [-0.3, -0.25) is 0 Å². The summed E-state index contributed by atoms with van der Waals surface area (Å²) in [7, 11) is 0. The van der Waals surface area contributed by atoms with E-state index in [1.165, 1.54) is 42.1 Å². The molecule has 1 aromatic carbocycles. The Bertz CT molecular complexity index is 335. The smallest absolute Gasteiger partial charge is 0.0210 e. The fraction of sp³-hybridized carbons (Fsp3) is 0.571. The lowest BCUT2D eigenvalue weighted by Crippen LogP contribution is -2.21. The zero-order valence-corrected chi connectivity index (χ0v) is 11.2. The molecule has 16 heavy (non-hydrogen) atoms. The molecule has 1 aliphatic carbocycles. The fourth-order valence-electron chi connectivity index (χ4n) is 2.95. The van der Waals surface area contributed by atoms with E-state index in [4.69, 9.17) is 5.73 Å². The number of nitrogens with two attached hydrogens (primary N) is 1. The van der Waals surface area contributed by atoms with E-state index in [2.05, 4.69) is 40.2 Å². The molecule has 1 nitrogen and oxygen atoms in total. The number of halogens is 1. The summed E-state index contributed by atoms with van der Waals surface area (Å²) in [6.07, 6.45) is 6.60. The summed E-state index contributed by atoms with van der Waals surface area (Å²) in [6, 6.07) is 8.66. The van der Waals surface area contributed by atoms with Crippen LogP contribution >= 0.6 is 15.9 Å². The lowest BCUT2D eigenvalue weighted by Gasteiger charge is -2.32. The van der Waals surface area contributed by atoms with Crippen LogP contribution in [0.5, 0.6) is 0 Å². The zero-order valence-electron chi connectivity index (χ0n) is 9.66. The van der Waals surface area contributed by atoms with E-state index < -0.39 is 0 Å². The molecule has 1 fully saturated rings. The van der Waals surface area contributed by atoms with Gasteiger partial charge in [-0.1, -0.05) is 47.0 Å². The molecule has 0 amide bonds. The van der Waals surface area contributed by atoms with Gasteiger partial charge in [-0.15, -0.1) is 0 Å². The summed E-state index contributed by atoms with van der Waals surface area (Å²) < 4.78 is 1.27. The standard InChI is InChI=1S/C14H20BrN/c15-14-8-4-3-7-13(14)12-6-2-1-5-11(12)9-10-16/h3-4,7-8,11-12H,1-2,5-6,9-10,16H2. The van der Waals surface area contributed by atoms with Gasteiger partial charge < -0.3 is 5.73 Å². The van der Waals surface area contributed by atoms with E-state index in [-0.39, 0.29) is 0 Å². The van der Waals surface area contributed by atoms with E-state index in [0.717, 1.165) is 12.5 Å². The van der Waals surface area contributed by atoms with Crippen molar-refractivity contribution >= 4 is 15.9 Å². The SMILES string of the molecule is NCCC1CCCCC1c1ccccc1Br. The molecule has 88 valence electrons. The largest absolute Gasteiger partial charge is 0.330 e. The van der Waals surface area contributed by atoms with Gasteiger partial charge in [0.2, 0.25) is 0 Å². The van der Waals surface area contributed by atoms with E-state index in [0.29, 0.717) is 5.92 Å². The molecular weight excluding hydrogens is 262 g/mol.